The van der Waals surface area contributed by atoms with E-state index in [1.807, 2.05) is 11.9 Å². The number of anilines is 1. The van der Waals surface area contributed by atoms with Crippen LogP contribution in [0.2, 0.25) is 0 Å². The molecule has 0 aliphatic heterocycles. The first-order chi connectivity index (χ1) is 10.0. The van der Waals surface area contributed by atoms with E-state index in [4.69, 9.17) is 4.74 Å². The Morgan fingerprint density at radius 1 is 1.43 bits per heavy atom. The summed E-state index contributed by atoms with van der Waals surface area (Å²) in [7, 11) is 3.59. The Labute approximate surface area is 132 Å². The van der Waals surface area contributed by atoms with Crippen molar-refractivity contribution in [2.75, 3.05) is 38.0 Å². The summed E-state index contributed by atoms with van der Waals surface area (Å²) < 4.78 is 6.60. The monoisotopic (exact) mass is 313 g/mol. The number of likely N-dealkylation sites (N-methyl/N-ethyl adjacent to an activating group) is 1. The number of aromatic nitrogens is 2. The van der Waals surface area contributed by atoms with Crippen LogP contribution in [0.15, 0.2) is 17.1 Å². The highest BCUT2D eigenvalue weighted by Gasteiger charge is 2.26. The molecule has 0 unspecified atom stereocenters. The minimum Gasteiger partial charge on any atom is -0.383 e. The van der Waals surface area contributed by atoms with E-state index in [2.05, 4.69) is 31.6 Å². The van der Waals surface area contributed by atoms with Crippen molar-refractivity contribution in [2.45, 2.75) is 33.2 Å². The molecule has 1 heterocycles. The minimum atomic E-state index is -0.0650. The van der Waals surface area contributed by atoms with Crippen molar-refractivity contribution in [3.8, 4) is 0 Å². The van der Waals surface area contributed by atoms with Crippen molar-refractivity contribution < 1.29 is 4.74 Å². The summed E-state index contributed by atoms with van der Waals surface area (Å²) in [4.78, 5) is 14.2. The maximum absolute atomic E-state index is 12.3. The highest BCUT2D eigenvalue weighted by molar-refractivity contribution is 7.80. The van der Waals surface area contributed by atoms with Gasteiger partial charge in [0.25, 0.3) is 5.56 Å². The van der Waals surface area contributed by atoms with Crippen molar-refractivity contribution in [3.05, 3.63) is 22.6 Å². The molecule has 1 rings (SSSR count). The summed E-state index contributed by atoms with van der Waals surface area (Å²) >= 11 is 4.45. The van der Waals surface area contributed by atoms with Gasteiger partial charge in [-0.2, -0.15) is 17.7 Å². The molecule has 21 heavy (non-hydrogen) atoms. The summed E-state index contributed by atoms with van der Waals surface area (Å²) in [6, 6.07) is 1.64. The number of ether oxygens (including phenoxy) is 1. The van der Waals surface area contributed by atoms with Crippen molar-refractivity contribution in [1.29, 1.82) is 0 Å². The van der Waals surface area contributed by atoms with Gasteiger partial charge in [0.1, 0.15) is 0 Å². The van der Waals surface area contributed by atoms with Crippen LogP contribution < -0.4 is 10.5 Å². The zero-order valence-electron chi connectivity index (χ0n) is 13.5. The maximum Gasteiger partial charge on any atom is 0.268 e. The molecule has 0 radical (unpaired) electrons. The van der Waals surface area contributed by atoms with Gasteiger partial charge in [-0.3, -0.25) is 4.79 Å². The molecule has 0 N–H and O–H groups in total. The second-order valence-corrected chi connectivity index (χ2v) is 5.81. The first-order valence-electron chi connectivity index (χ1n) is 7.40. The first-order valence-corrected chi connectivity index (χ1v) is 8.03. The van der Waals surface area contributed by atoms with Crippen molar-refractivity contribution >= 4 is 18.3 Å². The fraction of sp³-hybridized carbons (Fsp3) is 0.733. The van der Waals surface area contributed by atoms with Gasteiger partial charge in [-0.05, 0) is 24.0 Å². The Bertz CT molecular complexity index is 478. The standard InChI is InChI=1S/C15H27N3O2S/c1-5-15(6-2,12-21)11-18-14(19)9-13(10-16-18)17(3)7-8-20-4/h9-10,21H,5-8,11-12H2,1-4H3. The van der Waals surface area contributed by atoms with E-state index in [-0.39, 0.29) is 11.0 Å². The zero-order valence-corrected chi connectivity index (χ0v) is 14.4. The fourth-order valence-electron chi connectivity index (χ4n) is 2.17. The number of methoxy groups -OCH3 is 1. The Morgan fingerprint density at radius 2 is 2.10 bits per heavy atom. The SMILES string of the molecule is CCC(CC)(CS)Cn1ncc(N(C)CCOC)cc1=O. The van der Waals surface area contributed by atoms with Gasteiger partial charge in [0.15, 0.2) is 0 Å². The maximum atomic E-state index is 12.3. The summed E-state index contributed by atoms with van der Waals surface area (Å²) in [6.45, 7) is 6.24. The van der Waals surface area contributed by atoms with Crippen molar-refractivity contribution in [1.82, 2.24) is 9.78 Å². The second-order valence-electron chi connectivity index (χ2n) is 5.49. The lowest BCUT2D eigenvalue weighted by Crippen LogP contribution is -2.35. The van der Waals surface area contributed by atoms with Crippen LogP contribution in [0, 0.1) is 5.41 Å². The van der Waals surface area contributed by atoms with Gasteiger partial charge >= 0.3 is 0 Å². The Hall–Kier alpha value is -1.01. The van der Waals surface area contributed by atoms with Crippen molar-refractivity contribution in [3.63, 3.8) is 0 Å². The lowest BCUT2D eigenvalue weighted by atomic mass is 9.84. The van der Waals surface area contributed by atoms with Crippen LogP contribution in [-0.2, 0) is 11.3 Å². The largest absolute Gasteiger partial charge is 0.383 e. The van der Waals surface area contributed by atoms with Crippen LogP contribution in [0.1, 0.15) is 26.7 Å². The highest BCUT2D eigenvalue weighted by atomic mass is 32.1. The predicted molar refractivity (Wildman–Crippen MR) is 90.5 cm³/mol. The molecule has 0 atom stereocenters. The Morgan fingerprint density at radius 3 is 2.57 bits per heavy atom. The molecular formula is C15H27N3O2S. The summed E-state index contributed by atoms with van der Waals surface area (Å²) in [5.41, 5.74) is 0.784. The first kappa shape index (κ1) is 18.0. The summed E-state index contributed by atoms with van der Waals surface area (Å²) in [6.07, 6.45) is 3.71. The summed E-state index contributed by atoms with van der Waals surface area (Å²) in [5.74, 6) is 0.754. The van der Waals surface area contributed by atoms with Gasteiger partial charge in [-0.25, -0.2) is 4.68 Å². The number of thiol groups is 1. The quantitative estimate of drug-likeness (QED) is 0.709. The molecule has 0 fully saturated rings. The zero-order chi connectivity index (χ0) is 15.9. The van der Waals surface area contributed by atoms with E-state index in [1.165, 1.54) is 0 Å². The molecule has 5 nitrogen and oxygen atoms in total. The third-order valence-electron chi connectivity index (χ3n) is 4.25. The van der Waals surface area contributed by atoms with E-state index >= 15 is 0 Å². The average molecular weight is 313 g/mol. The molecule has 6 heteroatoms. The number of hydrogen-bond acceptors (Lipinski definition) is 5. The van der Waals surface area contributed by atoms with Crippen LogP contribution in [-0.4, -0.2) is 42.8 Å². The number of nitrogens with zero attached hydrogens (tertiary/aromatic N) is 3. The smallest absolute Gasteiger partial charge is 0.268 e. The molecule has 0 aliphatic rings. The van der Waals surface area contributed by atoms with Crippen molar-refractivity contribution in [2.24, 2.45) is 5.41 Å². The number of hydrogen-bond donors (Lipinski definition) is 1. The van der Waals surface area contributed by atoms with Crippen LogP contribution >= 0.6 is 12.6 Å². The second kappa shape index (κ2) is 8.44. The van der Waals surface area contributed by atoms with E-state index in [1.54, 1.807) is 24.1 Å². The van der Waals surface area contributed by atoms with Crippen LogP contribution in [0.3, 0.4) is 0 Å². The molecule has 1 aromatic rings. The third kappa shape index (κ3) is 4.74. The topological polar surface area (TPSA) is 47.4 Å². The Kier molecular flexibility index (Phi) is 7.25. The molecule has 0 amide bonds. The lowest BCUT2D eigenvalue weighted by molar-refractivity contribution is 0.206. The summed E-state index contributed by atoms with van der Waals surface area (Å²) in [5, 5.41) is 4.32. The molecular weight excluding hydrogens is 286 g/mol. The molecule has 1 aromatic heterocycles. The van der Waals surface area contributed by atoms with Gasteiger partial charge in [0.2, 0.25) is 0 Å². The molecule has 0 bridgehead atoms. The van der Waals surface area contributed by atoms with Crippen LogP contribution in [0.4, 0.5) is 5.69 Å². The van der Waals surface area contributed by atoms with E-state index in [9.17, 15) is 4.79 Å². The third-order valence-corrected chi connectivity index (χ3v) is 4.92. The molecule has 120 valence electrons. The highest BCUT2D eigenvalue weighted by Crippen LogP contribution is 2.29. The molecule has 0 saturated heterocycles. The average Bonchev–Trinajstić information content (AvgIpc) is 2.52. The van der Waals surface area contributed by atoms with Gasteiger partial charge in [0.05, 0.1) is 25.0 Å². The molecule has 0 aromatic carbocycles. The number of rotatable bonds is 9. The Balaban J connectivity index is 2.90. The normalized spacial score (nSPS) is 11.7. The minimum absolute atomic E-state index is 0.0312. The predicted octanol–water partition coefficient (Wildman–Crippen LogP) is 2.06. The van der Waals surface area contributed by atoms with Gasteiger partial charge in [-0.15, -0.1) is 0 Å². The van der Waals surface area contributed by atoms with E-state index in [0.29, 0.717) is 13.2 Å². The van der Waals surface area contributed by atoms with Crippen LogP contribution in [0.25, 0.3) is 0 Å². The lowest BCUT2D eigenvalue weighted by Gasteiger charge is -2.30. The molecule has 0 spiro atoms. The molecule has 0 aliphatic carbocycles. The fourth-order valence-corrected chi connectivity index (χ4v) is 2.72. The van der Waals surface area contributed by atoms with Gasteiger partial charge < -0.3 is 9.64 Å². The van der Waals surface area contributed by atoms with Gasteiger partial charge in [0, 0.05) is 26.8 Å². The van der Waals surface area contributed by atoms with E-state index < -0.39 is 0 Å². The van der Waals surface area contributed by atoms with Crippen LogP contribution in [0.5, 0.6) is 0 Å². The molecule has 0 saturated carbocycles. The van der Waals surface area contributed by atoms with E-state index in [0.717, 1.165) is 30.8 Å². The van der Waals surface area contributed by atoms with Gasteiger partial charge in [-0.1, -0.05) is 13.8 Å².